The van der Waals surface area contributed by atoms with Gasteiger partial charge in [-0.3, -0.25) is 9.59 Å². The van der Waals surface area contributed by atoms with Crippen LogP contribution in [0.2, 0.25) is 0 Å². The fourth-order valence-electron chi connectivity index (χ4n) is 0.182. The average Bonchev–Trinajstić information content (AvgIpc) is 2.30. The average molecular weight is 236 g/mol. The molecule has 0 rings (SSSR count). The first-order chi connectivity index (χ1) is 7.99. The van der Waals surface area contributed by atoms with Crippen LogP contribution in [-0.4, -0.2) is 12.4 Å². The summed E-state index contributed by atoms with van der Waals surface area (Å²) in [5.74, 6) is -0.329. The van der Waals surface area contributed by atoms with Crippen molar-refractivity contribution in [2.75, 3.05) is 0 Å². The Morgan fingerprint density at radius 2 is 1.71 bits per heavy atom. The van der Waals surface area contributed by atoms with Crippen LogP contribution in [0.1, 0.15) is 6.92 Å². The highest BCUT2D eigenvalue weighted by molar-refractivity contribution is 5.66. The summed E-state index contributed by atoms with van der Waals surface area (Å²) in [6.07, 6.45) is 2.16. The van der Waals surface area contributed by atoms with E-state index in [-0.39, 0.29) is 11.5 Å². The number of hydrogen-bond donors (Lipinski definition) is 0. The van der Waals surface area contributed by atoms with Crippen LogP contribution >= 0.6 is 0 Å². The Morgan fingerprint density at radius 1 is 1.24 bits per heavy atom. The van der Waals surface area contributed by atoms with Crippen LogP contribution in [0.25, 0.3) is 0 Å². The molecule has 6 heteroatoms. The molecule has 0 aliphatic heterocycles. The Kier molecular flexibility index (Phi) is 21.8. The topological polar surface area (TPSA) is 100 Å². The molecule has 0 amide bonds. The number of nitrogens with zero attached hydrogens (tertiary/aromatic N) is 2. The molecule has 0 heterocycles. The van der Waals surface area contributed by atoms with Gasteiger partial charge in [0.05, 0.1) is 12.5 Å². The molecule has 6 nitrogen and oxygen atoms in total. The van der Waals surface area contributed by atoms with Crippen molar-refractivity contribution in [1.29, 1.82) is 10.5 Å². The molecule has 0 spiro atoms. The largest absolute Gasteiger partial charge is 0.437 e. The van der Waals surface area contributed by atoms with Gasteiger partial charge in [-0.05, 0) is 0 Å². The minimum absolute atomic E-state index is 0.0463. The van der Waals surface area contributed by atoms with Crippen LogP contribution in [0.4, 0.5) is 0 Å². The van der Waals surface area contributed by atoms with Crippen molar-refractivity contribution >= 4 is 12.4 Å². The summed E-state index contributed by atoms with van der Waals surface area (Å²) in [6.45, 7) is 11.0. The standard InChI is InChI=1S/C4H2N2.C4H6O2.C3H4O2/c1-4(2-5)3-6;1-3-6-4(2)5;1-2-5-3-4/h1H2;3H,1H2,2H3;2-3H,1H2. The molecule has 0 aromatic heterocycles. The van der Waals surface area contributed by atoms with Crippen molar-refractivity contribution in [3.8, 4) is 12.1 Å². The molecule has 0 N–H and O–H groups in total. The zero-order valence-electron chi connectivity index (χ0n) is 9.38. The summed E-state index contributed by atoms with van der Waals surface area (Å²) in [6, 6.07) is 3.12. The number of carbonyl (C=O) groups is 2. The first kappa shape index (κ1) is 19.7. The van der Waals surface area contributed by atoms with Gasteiger partial charge in [0.15, 0.2) is 0 Å². The number of esters is 1. The zero-order chi connectivity index (χ0) is 14.1. The minimum atomic E-state index is -0.329. The fourth-order valence-corrected chi connectivity index (χ4v) is 0.182. The van der Waals surface area contributed by atoms with E-state index < -0.39 is 0 Å². The predicted molar refractivity (Wildman–Crippen MR) is 59.7 cm³/mol. The number of nitriles is 2. The second-order valence-corrected chi connectivity index (χ2v) is 1.88. The molecule has 0 radical (unpaired) electrons. The molecule has 0 unspecified atom stereocenters. The molecule has 0 aliphatic carbocycles. The highest BCUT2D eigenvalue weighted by Crippen LogP contribution is 1.75. The SMILES string of the molecule is C=C(C#N)C#N.C=COC(C)=O.C=COC=O. The van der Waals surface area contributed by atoms with Crippen LogP contribution < -0.4 is 0 Å². The van der Waals surface area contributed by atoms with E-state index in [0.29, 0.717) is 6.47 Å². The maximum atomic E-state index is 9.75. The predicted octanol–water partition coefficient (Wildman–Crippen LogP) is 1.59. The first-order valence-corrected chi connectivity index (χ1v) is 3.97. The maximum Gasteiger partial charge on any atom is 0.307 e. The zero-order valence-corrected chi connectivity index (χ0v) is 9.38. The summed E-state index contributed by atoms with van der Waals surface area (Å²) in [5.41, 5.74) is -0.0463. The van der Waals surface area contributed by atoms with Gasteiger partial charge < -0.3 is 9.47 Å². The highest BCUT2D eigenvalue weighted by Gasteiger charge is 1.79. The summed E-state index contributed by atoms with van der Waals surface area (Å²) in [4.78, 5) is 18.9. The summed E-state index contributed by atoms with van der Waals surface area (Å²) < 4.78 is 8.08. The van der Waals surface area contributed by atoms with Crippen molar-refractivity contribution in [2.24, 2.45) is 0 Å². The molecule has 0 atom stereocenters. The van der Waals surface area contributed by atoms with Gasteiger partial charge in [-0.1, -0.05) is 19.7 Å². The molecular weight excluding hydrogens is 224 g/mol. The second-order valence-electron chi connectivity index (χ2n) is 1.88. The number of rotatable bonds is 3. The molecule has 90 valence electrons. The molecule has 0 bridgehead atoms. The van der Waals surface area contributed by atoms with Crippen molar-refractivity contribution in [3.63, 3.8) is 0 Å². The Balaban J connectivity index is -0.000000174. The van der Waals surface area contributed by atoms with Gasteiger partial charge >= 0.3 is 5.97 Å². The molecule has 0 aromatic rings. The Hall–Kier alpha value is -2.86. The van der Waals surface area contributed by atoms with E-state index in [1.54, 1.807) is 12.1 Å². The molecule has 17 heavy (non-hydrogen) atoms. The molecular formula is C11H12N2O4. The van der Waals surface area contributed by atoms with Gasteiger partial charge in [-0.2, -0.15) is 10.5 Å². The quantitative estimate of drug-likeness (QED) is 0.319. The van der Waals surface area contributed by atoms with Crippen molar-refractivity contribution < 1.29 is 19.1 Å². The lowest BCUT2D eigenvalue weighted by Crippen LogP contribution is -1.87. The monoisotopic (exact) mass is 236 g/mol. The van der Waals surface area contributed by atoms with Gasteiger partial charge in [-0.25, -0.2) is 0 Å². The first-order valence-electron chi connectivity index (χ1n) is 3.97. The number of allylic oxidation sites excluding steroid dienone is 1. The summed E-state index contributed by atoms with van der Waals surface area (Å²) >= 11 is 0. The molecule has 0 aliphatic rings. The lowest BCUT2D eigenvalue weighted by atomic mass is 10.4. The van der Waals surface area contributed by atoms with E-state index in [0.717, 1.165) is 12.5 Å². The highest BCUT2D eigenvalue weighted by atomic mass is 16.5. The maximum absolute atomic E-state index is 9.75. The molecule has 0 fully saturated rings. The summed E-state index contributed by atoms with van der Waals surface area (Å²) in [7, 11) is 0. The van der Waals surface area contributed by atoms with Gasteiger partial charge in [-0.15, -0.1) is 0 Å². The minimum Gasteiger partial charge on any atom is -0.437 e. The number of carbonyl (C=O) groups excluding carboxylic acids is 2. The van der Waals surface area contributed by atoms with Gasteiger partial charge in [0.1, 0.15) is 17.7 Å². The van der Waals surface area contributed by atoms with Gasteiger partial charge in [0.2, 0.25) is 0 Å². The molecule has 0 aromatic carbocycles. The van der Waals surface area contributed by atoms with Crippen molar-refractivity contribution in [1.82, 2.24) is 0 Å². The number of ether oxygens (including phenoxy) is 2. The van der Waals surface area contributed by atoms with E-state index in [1.807, 2.05) is 0 Å². The third-order valence-corrected chi connectivity index (χ3v) is 0.671. The number of hydrogen-bond acceptors (Lipinski definition) is 6. The molecule has 0 saturated carbocycles. The Morgan fingerprint density at radius 3 is 1.71 bits per heavy atom. The van der Waals surface area contributed by atoms with Crippen molar-refractivity contribution in [3.05, 3.63) is 37.8 Å². The van der Waals surface area contributed by atoms with Crippen molar-refractivity contribution in [2.45, 2.75) is 6.92 Å². The second kappa shape index (κ2) is 18.8. The van der Waals surface area contributed by atoms with E-state index in [4.69, 9.17) is 15.3 Å². The third kappa shape index (κ3) is 43.3. The third-order valence-electron chi connectivity index (χ3n) is 0.671. The van der Waals surface area contributed by atoms with Gasteiger partial charge in [0.25, 0.3) is 6.47 Å². The van der Waals surface area contributed by atoms with E-state index in [2.05, 4.69) is 29.2 Å². The van der Waals surface area contributed by atoms with Crippen LogP contribution in [0.5, 0.6) is 0 Å². The fraction of sp³-hybridized carbons (Fsp3) is 0.0909. The van der Waals surface area contributed by atoms with Crippen LogP contribution in [0.15, 0.2) is 37.8 Å². The van der Waals surface area contributed by atoms with Crippen LogP contribution in [0, 0.1) is 22.7 Å². The van der Waals surface area contributed by atoms with E-state index in [9.17, 15) is 4.79 Å². The summed E-state index contributed by atoms with van der Waals surface area (Å²) in [5, 5.41) is 15.5. The Labute approximate surface area is 99.7 Å². The van der Waals surface area contributed by atoms with Crippen LogP contribution in [-0.2, 0) is 19.1 Å². The smallest absolute Gasteiger partial charge is 0.307 e. The lowest BCUT2D eigenvalue weighted by molar-refractivity contribution is -0.135. The van der Waals surface area contributed by atoms with E-state index >= 15 is 0 Å². The Bertz CT molecular complexity index is 325. The lowest BCUT2D eigenvalue weighted by Gasteiger charge is -1.83. The normalized spacial score (nSPS) is 5.82. The van der Waals surface area contributed by atoms with E-state index in [1.165, 1.54) is 6.92 Å². The van der Waals surface area contributed by atoms with Gasteiger partial charge in [0, 0.05) is 6.92 Å². The molecule has 0 saturated heterocycles. The van der Waals surface area contributed by atoms with Crippen LogP contribution in [0.3, 0.4) is 0 Å².